The Morgan fingerprint density at radius 1 is 1.04 bits per heavy atom. The zero-order chi connectivity index (χ0) is 19.5. The third kappa shape index (κ3) is 3.80. The van der Waals surface area contributed by atoms with Gasteiger partial charge < -0.3 is 9.30 Å². The Kier molecular flexibility index (Phi) is 5.44. The Morgan fingerprint density at radius 3 is 2.64 bits per heavy atom. The Hall–Kier alpha value is -2.66. The van der Waals surface area contributed by atoms with E-state index in [1.165, 1.54) is 18.2 Å². The number of fused-ring (bicyclic) bond motifs is 1. The Balaban J connectivity index is 1.70. The fourth-order valence-electron chi connectivity index (χ4n) is 3.98. The Bertz CT molecular complexity index is 936. The van der Waals surface area contributed by atoms with Crippen LogP contribution in [0.15, 0.2) is 60.8 Å². The van der Waals surface area contributed by atoms with E-state index in [0.717, 1.165) is 36.5 Å². The summed E-state index contributed by atoms with van der Waals surface area (Å²) in [5.74, 6) is 0.0428. The van der Waals surface area contributed by atoms with Crippen LogP contribution >= 0.6 is 0 Å². The summed E-state index contributed by atoms with van der Waals surface area (Å²) < 4.78 is 36.4. The summed E-state index contributed by atoms with van der Waals surface area (Å²) in [6, 6.07) is 15.3. The minimum absolute atomic E-state index is 0.334. The quantitative estimate of drug-likeness (QED) is 0.606. The number of benzene rings is 2. The zero-order valence-electron chi connectivity index (χ0n) is 15.9. The monoisotopic (exact) mass is 382 g/mol. The maximum Gasteiger partial charge on any atom is 0.128 e. The van der Waals surface area contributed by atoms with Gasteiger partial charge in [-0.1, -0.05) is 12.1 Å². The van der Waals surface area contributed by atoms with Crippen LogP contribution in [0, 0.1) is 11.6 Å². The molecular weight excluding hydrogens is 358 g/mol. The van der Waals surface area contributed by atoms with Crippen LogP contribution in [0.4, 0.5) is 8.78 Å². The molecule has 0 saturated heterocycles. The summed E-state index contributed by atoms with van der Waals surface area (Å²) in [5, 5.41) is 0. The van der Waals surface area contributed by atoms with Crippen LogP contribution in [0.3, 0.4) is 0 Å². The van der Waals surface area contributed by atoms with Crippen molar-refractivity contribution in [3.05, 3.63) is 89.2 Å². The average molecular weight is 382 g/mol. The van der Waals surface area contributed by atoms with Crippen molar-refractivity contribution in [2.24, 2.45) is 0 Å². The number of aryl methyl sites for hydroxylation is 1. The van der Waals surface area contributed by atoms with E-state index in [9.17, 15) is 8.78 Å². The minimum atomic E-state index is -0.417. The lowest BCUT2D eigenvalue weighted by Gasteiger charge is -2.31. The molecule has 1 aliphatic heterocycles. The fourth-order valence-corrected chi connectivity index (χ4v) is 3.98. The van der Waals surface area contributed by atoms with Gasteiger partial charge in [0.15, 0.2) is 0 Å². The molecule has 0 aliphatic carbocycles. The second kappa shape index (κ2) is 8.15. The molecule has 146 valence electrons. The topological polar surface area (TPSA) is 17.4 Å². The third-order valence-corrected chi connectivity index (χ3v) is 5.23. The van der Waals surface area contributed by atoms with Gasteiger partial charge in [0, 0.05) is 37.1 Å². The van der Waals surface area contributed by atoms with Gasteiger partial charge in [0.25, 0.3) is 0 Å². The molecule has 0 radical (unpaired) electrons. The van der Waals surface area contributed by atoms with Gasteiger partial charge in [-0.2, -0.15) is 0 Å². The number of hydrogen-bond acceptors (Lipinski definition) is 2. The summed E-state index contributed by atoms with van der Waals surface area (Å²) in [7, 11) is 0. The Labute approximate surface area is 164 Å². The highest BCUT2D eigenvalue weighted by atomic mass is 19.1. The van der Waals surface area contributed by atoms with Gasteiger partial charge in [-0.05, 0) is 61.4 Å². The lowest BCUT2D eigenvalue weighted by atomic mass is 10.00. The molecule has 3 nitrogen and oxygen atoms in total. The first-order valence-electron chi connectivity index (χ1n) is 9.71. The lowest BCUT2D eigenvalue weighted by molar-refractivity contribution is 0.216. The van der Waals surface area contributed by atoms with Crippen molar-refractivity contribution < 1.29 is 13.5 Å². The van der Waals surface area contributed by atoms with Crippen molar-refractivity contribution in [1.82, 2.24) is 9.47 Å². The van der Waals surface area contributed by atoms with E-state index in [4.69, 9.17) is 4.74 Å². The summed E-state index contributed by atoms with van der Waals surface area (Å²) in [5.41, 5.74) is 2.49. The number of nitrogens with zero attached hydrogens (tertiary/aromatic N) is 2. The largest absolute Gasteiger partial charge is 0.494 e. The van der Waals surface area contributed by atoms with Crippen molar-refractivity contribution >= 4 is 0 Å². The van der Waals surface area contributed by atoms with Crippen LogP contribution in [0.25, 0.3) is 0 Å². The number of aromatic nitrogens is 1. The van der Waals surface area contributed by atoms with Gasteiger partial charge in [0.05, 0.1) is 12.6 Å². The number of halogens is 2. The molecule has 3 aromatic rings. The summed E-state index contributed by atoms with van der Waals surface area (Å²) >= 11 is 0. The average Bonchev–Trinajstić information content (AvgIpc) is 3.08. The molecule has 0 saturated carbocycles. The van der Waals surface area contributed by atoms with Gasteiger partial charge in [-0.15, -0.1) is 0 Å². The van der Waals surface area contributed by atoms with Gasteiger partial charge >= 0.3 is 0 Å². The van der Waals surface area contributed by atoms with Crippen LogP contribution < -0.4 is 4.74 Å². The number of hydrogen-bond donors (Lipinski definition) is 0. The van der Waals surface area contributed by atoms with Crippen molar-refractivity contribution in [2.45, 2.75) is 32.5 Å². The molecule has 5 heteroatoms. The highest BCUT2D eigenvalue weighted by Crippen LogP contribution is 2.34. The van der Waals surface area contributed by atoms with E-state index >= 15 is 0 Å². The van der Waals surface area contributed by atoms with E-state index in [1.807, 2.05) is 49.5 Å². The zero-order valence-corrected chi connectivity index (χ0v) is 15.9. The first kappa shape index (κ1) is 18.7. The summed E-state index contributed by atoms with van der Waals surface area (Å²) in [6.45, 7) is 4.91. The van der Waals surface area contributed by atoms with Crippen LogP contribution in [-0.2, 0) is 13.1 Å². The van der Waals surface area contributed by atoms with Crippen molar-refractivity contribution in [3.8, 4) is 5.75 Å². The third-order valence-electron chi connectivity index (χ3n) is 5.23. The van der Waals surface area contributed by atoms with E-state index in [1.54, 1.807) is 0 Å². The number of rotatable bonds is 5. The van der Waals surface area contributed by atoms with Crippen LogP contribution in [0.5, 0.6) is 5.75 Å². The highest BCUT2D eigenvalue weighted by Gasteiger charge is 2.29. The minimum Gasteiger partial charge on any atom is -0.494 e. The second-order valence-electron chi connectivity index (χ2n) is 7.10. The standard InChI is InChI=1S/C23H24F2N2O/c1-2-28-19-9-6-17(7-10-19)16-27-14-4-13-26-12-3-5-22(26)23(27)20-15-18(24)8-11-21(20)25/h3,5-12,15,23H,2,4,13-14,16H2,1H3. The van der Waals surface area contributed by atoms with Crippen LogP contribution in [0.2, 0.25) is 0 Å². The number of ether oxygens (including phenoxy) is 1. The maximum absolute atomic E-state index is 14.7. The summed E-state index contributed by atoms with van der Waals surface area (Å²) in [4.78, 5) is 2.23. The second-order valence-corrected chi connectivity index (χ2v) is 7.10. The molecule has 4 rings (SSSR count). The van der Waals surface area contributed by atoms with Gasteiger partial charge in [0.2, 0.25) is 0 Å². The van der Waals surface area contributed by atoms with Crippen LogP contribution in [0.1, 0.15) is 36.2 Å². The van der Waals surface area contributed by atoms with E-state index in [-0.39, 0.29) is 11.9 Å². The molecule has 1 aliphatic rings. The molecule has 1 unspecified atom stereocenters. The molecule has 0 bridgehead atoms. The smallest absolute Gasteiger partial charge is 0.128 e. The van der Waals surface area contributed by atoms with Crippen LogP contribution in [-0.4, -0.2) is 22.6 Å². The predicted octanol–water partition coefficient (Wildman–Crippen LogP) is 5.16. The molecule has 2 aromatic carbocycles. The molecule has 0 N–H and O–H groups in total. The van der Waals surface area contributed by atoms with Crippen molar-refractivity contribution in [2.75, 3.05) is 13.2 Å². The SMILES string of the molecule is CCOc1ccc(CN2CCCn3cccc3C2c2cc(F)ccc2F)cc1. The van der Waals surface area contributed by atoms with E-state index < -0.39 is 5.82 Å². The first-order chi connectivity index (χ1) is 13.7. The molecule has 1 atom stereocenters. The van der Waals surface area contributed by atoms with Gasteiger partial charge in [-0.25, -0.2) is 8.78 Å². The molecule has 2 heterocycles. The molecular formula is C23H24F2N2O. The Morgan fingerprint density at radius 2 is 1.86 bits per heavy atom. The molecule has 0 spiro atoms. The van der Waals surface area contributed by atoms with Gasteiger partial charge in [-0.3, -0.25) is 4.90 Å². The van der Waals surface area contributed by atoms with Crippen molar-refractivity contribution in [3.63, 3.8) is 0 Å². The molecule has 28 heavy (non-hydrogen) atoms. The molecule has 0 fully saturated rings. The summed E-state index contributed by atoms with van der Waals surface area (Å²) in [6.07, 6.45) is 2.96. The van der Waals surface area contributed by atoms with E-state index in [0.29, 0.717) is 18.7 Å². The van der Waals surface area contributed by atoms with E-state index in [2.05, 4.69) is 9.47 Å². The van der Waals surface area contributed by atoms with Crippen molar-refractivity contribution in [1.29, 1.82) is 0 Å². The molecule has 1 aromatic heterocycles. The first-order valence-corrected chi connectivity index (χ1v) is 9.71. The maximum atomic E-state index is 14.7. The molecule has 0 amide bonds. The highest BCUT2D eigenvalue weighted by molar-refractivity contribution is 5.33. The fraction of sp³-hybridized carbons (Fsp3) is 0.304. The lowest BCUT2D eigenvalue weighted by Crippen LogP contribution is -2.30. The predicted molar refractivity (Wildman–Crippen MR) is 105 cm³/mol. The normalized spacial score (nSPS) is 17.2. The van der Waals surface area contributed by atoms with Gasteiger partial charge in [0.1, 0.15) is 17.4 Å².